The fraction of sp³-hybridized carbons (Fsp3) is 0.111. The standard InChI is InChI=1S/C9H8FN5O/c1-5-4-6(2-3-7(5)10)11-9(16)8-12-14-15-13-8/h2-4H,1H3,(H,11,16)(H,12,13,14,15). The van der Waals surface area contributed by atoms with E-state index in [-0.39, 0.29) is 11.6 Å². The molecule has 0 atom stereocenters. The highest BCUT2D eigenvalue weighted by Crippen LogP contribution is 2.13. The summed E-state index contributed by atoms with van der Waals surface area (Å²) in [7, 11) is 0. The minimum absolute atomic E-state index is 0.0676. The summed E-state index contributed by atoms with van der Waals surface area (Å²) in [5, 5.41) is 15.0. The van der Waals surface area contributed by atoms with Crippen molar-refractivity contribution >= 4 is 11.6 Å². The maximum atomic E-state index is 13.0. The first kappa shape index (κ1) is 10.2. The zero-order valence-electron chi connectivity index (χ0n) is 8.36. The molecule has 2 N–H and O–H groups in total. The molecule has 0 bridgehead atoms. The highest BCUT2D eigenvalue weighted by molar-refractivity contribution is 6.01. The first-order chi connectivity index (χ1) is 7.66. The fourth-order valence-electron chi connectivity index (χ4n) is 1.17. The summed E-state index contributed by atoms with van der Waals surface area (Å²) >= 11 is 0. The van der Waals surface area contributed by atoms with Crippen LogP contribution in [0.4, 0.5) is 10.1 Å². The number of anilines is 1. The van der Waals surface area contributed by atoms with E-state index >= 15 is 0 Å². The molecule has 16 heavy (non-hydrogen) atoms. The number of rotatable bonds is 2. The van der Waals surface area contributed by atoms with Crippen LogP contribution in [0.15, 0.2) is 18.2 Å². The molecule has 0 unspecified atom stereocenters. The van der Waals surface area contributed by atoms with Gasteiger partial charge in [-0.25, -0.2) is 4.39 Å². The van der Waals surface area contributed by atoms with E-state index in [1.54, 1.807) is 6.92 Å². The molecular formula is C9H8FN5O. The first-order valence-electron chi connectivity index (χ1n) is 4.48. The molecule has 0 radical (unpaired) electrons. The Morgan fingerprint density at radius 3 is 2.94 bits per heavy atom. The lowest BCUT2D eigenvalue weighted by atomic mass is 10.2. The van der Waals surface area contributed by atoms with Crippen LogP contribution in [0.5, 0.6) is 0 Å². The van der Waals surface area contributed by atoms with E-state index in [0.717, 1.165) is 0 Å². The molecule has 7 heteroatoms. The van der Waals surface area contributed by atoms with Gasteiger partial charge in [-0.1, -0.05) is 0 Å². The summed E-state index contributed by atoms with van der Waals surface area (Å²) in [5.41, 5.74) is 0.930. The van der Waals surface area contributed by atoms with Gasteiger partial charge in [0, 0.05) is 5.69 Å². The minimum Gasteiger partial charge on any atom is -0.319 e. The van der Waals surface area contributed by atoms with Crippen molar-refractivity contribution in [2.75, 3.05) is 5.32 Å². The molecule has 82 valence electrons. The SMILES string of the molecule is Cc1cc(NC(=O)c2nn[nH]n2)ccc1F. The lowest BCUT2D eigenvalue weighted by molar-refractivity contribution is 0.101. The molecule has 1 heterocycles. The van der Waals surface area contributed by atoms with Gasteiger partial charge >= 0.3 is 0 Å². The van der Waals surface area contributed by atoms with E-state index in [0.29, 0.717) is 11.3 Å². The number of H-pyrrole nitrogens is 1. The Bertz CT molecular complexity index is 511. The van der Waals surface area contributed by atoms with Gasteiger partial charge in [0.05, 0.1) is 0 Å². The monoisotopic (exact) mass is 221 g/mol. The van der Waals surface area contributed by atoms with Crippen molar-refractivity contribution in [3.05, 3.63) is 35.4 Å². The lowest BCUT2D eigenvalue weighted by Gasteiger charge is -2.03. The zero-order valence-corrected chi connectivity index (χ0v) is 8.36. The van der Waals surface area contributed by atoms with Crippen LogP contribution < -0.4 is 5.32 Å². The summed E-state index contributed by atoms with van der Waals surface area (Å²) in [6, 6.07) is 4.26. The van der Waals surface area contributed by atoms with Gasteiger partial charge in [0.15, 0.2) is 0 Å². The van der Waals surface area contributed by atoms with Crippen LogP contribution in [0.2, 0.25) is 0 Å². The second kappa shape index (κ2) is 4.05. The Labute approximate surface area is 89.9 Å². The van der Waals surface area contributed by atoms with Crippen LogP contribution in [0.3, 0.4) is 0 Å². The number of nitrogens with one attached hydrogen (secondary N) is 2. The number of amides is 1. The van der Waals surface area contributed by atoms with Crippen LogP contribution in [0.25, 0.3) is 0 Å². The molecule has 0 aliphatic rings. The largest absolute Gasteiger partial charge is 0.319 e. The van der Waals surface area contributed by atoms with E-state index in [1.807, 2.05) is 0 Å². The Morgan fingerprint density at radius 1 is 1.50 bits per heavy atom. The second-order valence-corrected chi connectivity index (χ2v) is 3.15. The van der Waals surface area contributed by atoms with Crippen LogP contribution in [-0.2, 0) is 0 Å². The molecule has 0 aliphatic carbocycles. The summed E-state index contributed by atoms with van der Waals surface area (Å²) in [6.45, 7) is 1.61. The Morgan fingerprint density at radius 2 is 2.31 bits per heavy atom. The topological polar surface area (TPSA) is 83.6 Å². The molecule has 1 aromatic carbocycles. The number of hydrogen-bond acceptors (Lipinski definition) is 4. The van der Waals surface area contributed by atoms with Crippen molar-refractivity contribution in [1.82, 2.24) is 20.6 Å². The summed E-state index contributed by atoms with van der Waals surface area (Å²) in [6.07, 6.45) is 0. The van der Waals surface area contributed by atoms with E-state index in [1.165, 1.54) is 18.2 Å². The maximum absolute atomic E-state index is 13.0. The highest BCUT2D eigenvalue weighted by Gasteiger charge is 2.11. The molecule has 6 nitrogen and oxygen atoms in total. The fourth-order valence-corrected chi connectivity index (χ4v) is 1.17. The molecule has 0 saturated carbocycles. The van der Waals surface area contributed by atoms with E-state index < -0.39 is 5.91 Å². The van der Waals surface area contributed by atoms with Crippen molar-refractivity contribution in [3.8, 4) is 0 Å². The predicted molar refractivity (Wildman–Crippen MR) is 53.3 cm³/mol. The lowest BCUT2D eigenvalue weighted by Crippen LogP contribution is -2.14. The number of aryl methyl sites for hydroxylation is 1. The third-order valence-electron chi connectivity index (χ3n) is 1.96. The number of carbonyl (C=O) groups excluding carboxylic acids is 1. The van der Waals surface area contributed by atoms with Crippen molar-refractivity contribution in [3.63, 3.8) is 0 Å². The molecule has 2 rings (SSSR count). The average molecular weight is 221 g/mol. The number of carbonyl (C=O) groups is 1. The smallest absolute Gasteiger partial charge is 0.297 e. The number of hydrogen-bond donors (Lipinski definition) is 2. The number of nitrogens with zero attached hydrogens (tertiary/aromatic N) is 3. The van der Waals surface area contributed by atoms with Crippen molar-refractivity contribution in [2.45, 2.75) is 6.92 Å². The number of benzene rings is 1. The molecule has 0 saturated heterocycles. The van der Waals surface area contributed by atoms with Gasteiger partial charge in [-0.05, 0) is 35.9 Å². The van der Waals surface area contributed by atoms with E-state index in [4.69, 9.17) is 0 Å². The van der Waals surface area contributed by atoms with E-state index in [9.17, 15) is 9.18 Å². The van der Waals surface area contributed by atoms with Gasteiger partial charge in [0.2, 0.25) is 0 Å². The predicted octanol–water partition coefficient (Wildman–Crippen LogP) is 0.900. The van der Waals surface area contributed by atoms with Gasteiger partial charge in [-0.15, -0.1) is 10.2 Å². The molecule has 2 aromatic rings. The van der Waals surface area contributed by atoms with Gasteiger partial charge in [-0.2, -0.15) is 5.21 Å². The minimum atomic E-state index is -0.500. The van der Waals surface area contributed by atoms with Crippen molar-refractivity contribution in [2.24, 2.45) is 0 Å². The number of aromatic nitrogens is 4. The second-order valence-electron chi connectivity index (χ2n) is 3.15. The number of tetrazole rings is 1. The van der Waals surface area contributed by atoms with E-state index in [2.05, 4.69) is 25.9 Å². The first-order valence-corrected chi connectivity index (χ1v) is 4.48. The Balaban J connectivity index is 2.15. The van der Waals surface area contributed by atoms with Crippen molar-refractivity contribution in [1.29, 1.82) is 0 Å². The molecule has 0 aliphatic heterocycles. The normalized spacial score (nSPS) is 10.1. The zero-order chi connectivity index (χ0) is 11.5. The third-order valence-corrected chi connectivity index (χ3v) is 1.96. The summed E-state index contributed by atoms with van der Waals surface area (Å²) < 4.78 is 13.0. The molecular weight excluding hydrogens is 213 g/mol. The van der Waals surface area contributed by atoms with Crippen LogP contribution in [-0.4, -0.2) is 26.5 Å². The summed E-state index contributed by atoms with van der Waals surface area (Å²) in [4.78, 5) is 11.5. The van der Waals surface area contributed by atoms with Gasteiger partial charge < -0.3 is 5.32 Å². The van der Waals surface area contributed by atoms with Crippen LogP contribution >= 0.6 is 0 Å². The Kier molecular flexibility index (Phi) is 2.59. The molecule has 0 fully saturated rings. The molecule has 1 aromatic heterocycles. The molecule has 1 amide bonds. The molecule has 0 spiro atoms. The van der Waals surface area contributed by atoms with Gasteiger partial charge in [-0.3, -0.25) is 4.79 Å². The quantitative estimate of drug-likeness (QED) is 0.789. The van der Waals surface area contributed by atoms with Gasteiger partial charge in [0.25, 0.3) is 11.7 Å². The average Bonchev–Trinajstić information content (AvgIpc) is 2.77. The highest BCUT2D eigenvalue weighted by atomic mass is 19.1. The third kappa shape index (κ3) is 2.02. The van der Waals surface area contributed by atoms with Crippen molar-refractivity contribution < 1.29 is 9.18 Å². The number of aromatic amines is 1. The van der Waals surface area contributed by atoms with Crippen LogP contribution in [0, 0.1) is 12.7 Å². The Hall–Kier alpha value is -2.31. The number of halogens is 1. The summed E-state index contributed by atoms with van der Waals surface area (Å²) in [5.74, 6) is -0.890. The van der Waals surface area contributed by atoms with Crippen LogP contribution in [0.1, 0.15) is 16.2 Å². The maximum Gasteiger partial charge on any atom is 0.297 e. The van der Waals surface area contributed by atoms with Gasteiger partial charge in [0.1, 0.15) is 5.82 Å².